The van der Waals surface area contributed by atoms with Crippen molar-refractivity contribution < 1.29 is 19.1 Å². The summed E-state index contributed by atoms with van der Waals surface area (Å²) in [7, 11) is 0. The SMILES string of the molecule is O=C1NC(=Cc2ccc(O)c(Cl)c2)C(=O)N1Cc1ccc(F)cc1. The third-order valence-corrected chi connectivity index (χ3v) is 3.80. The van der Waals surface area contributed by atoms with Gasteiger partial charge in [0.1, 0.15) is 17.3 Å². The first-order chi connectivity index (χ1) is 11.4. The van der Waals surface area contributed by atoms with Gasteiger partial charge in [-0.05, 0) is 41.5 Å². The van der Waals surface area contributed by atoms with Gasteiger partial charge in [0.25, 0.3) is 5.91 Å². The van der Waals surface area contributed by atoms with Crippen molar-refractivity contribution in [2.24, 2.45) is 0 Å². The van der Waals surface area contributed by atoms with Crippen molar-refractivity contribution in [3.8, 4) is 5.75 Å². The van der Waals surface area contributed by atoms with E-state index in [4.69, 9.17) is 11.6 Å². The number of amides is 3. The van der Waals surface area contributed by atoms with E-state index in [1.54, 1.807) is 6.07 Å². The molecule has 1 saturated heterocycles. The second-order valence-corrected chi connectivity index (χ2v) is 5.62. The Bertz CT molecular complexity index is 849. The van der Waals surface area contributed by atoms with Crippen LogP contribution in [0.2, 0.25) is 5.02 Å². The Kier molecular flexibility index (Phi) is 4.22. The van der Waals surface area contributed by atoms with Crippen LogP contribution in [0.3, 0.4) is 0 Å². The first-order valence-electron chi connectivity index (χ1n) is 7.01. The van der Waals surface area contributed by atoms with Crippen molar-refractivity contribution in [3.05, 3.63) is 70.1 Å². The number of nitrogens with one attached hydrogen (secondary N) is 1. The van der Waals surface area contributed by atoms with E-state index in [0.717, 1.165) is 4.90 Å². The van der Waals surface area contributed by atoms with Gasteiger partial charge in [0.05, 0.1) is 11.6 Å². The molecule has 122 valence electrons. The first kappa shape index (κ1) is 16.0. The molecule has 1 aliphatic rings. The summed E-state index contributed by atoms with van der Waals surface area (Å²) in [4.78, 5) is 25.4. The lowest BCUT2D eigenvalue weighted by Gasteiger charge is -2.11. The zero-order valence-corrected chi connectivity index (χ0v) is 13.0. The smallest absolute Gasteiger partial charge is 0.329 e. The van der Waals surface area contributed by atoms with Crippen LogP contribution >= 0.6 is 11.6 Å². The number of hydrogen-bond acceptors (Lipinski definition) is 3. The Labute approximate surface area is 142 Å². The van der Waals surface area contributed by atoms with E-state index >= 15 is 0 Å². The van der Waals surface area contributed by atoms with Gasteiger partial charge in [-0.3, -0.25) is 9.69 Å². The van der Waals surface area contributed by atoms with Gasteiger partial charge in [-0.15, -0.1) is 0 Å². The lowest BCUT2D eigenvalue weighted by molar-refractivity contribution is -0.123. The van der Waals surface area contributed by atoms with Crippen molar-refractivity contribution >= 4 is 29.6 Å². The molecule has 5 nitrogen and oxygen atoms in total. The van der Waals surface area contributed by atoms with E-state index in [9.17, 15) is 19.1 Å². The van der Waals surface area contributed by atoms with Crippen LogP contribution in [-0.2, 0) is 11.3 Å². The van der Waals surface area contributed by atoms with Crippen LogP contribution in [0.4, 0.5) is 9.18 Å². The van der Waals surface area contributed by atoms with Crippen molar-refractivity contribution in [2.75, 3.05) is 0 Å². The number of carbonyl (C=O) groups excluding carboxylic acids is 2. The van der Waals surface area contributed by atoms with Gasteiger partial charge in [0.2, 0.25) is 0 Å². The van der Waals surface area contributed by atoms with E-state index in [2.05, 4.69) is 5.32 Å². The van der Waals surface area contributed by atoms with Crippen LogP contribution in [-0.4, -0.2) is 21.9 Å². The zero-order valence-electron chi connectivity index (χ0n) is 12.3. The van der Waals surface area contributed by atoms with Crippen molar-refractivity contribution in [1.29, 1.82) is 0 Å². The first-order valence-corrected chi connectivity index (χ1v) is 7.39. The Morgan fingerprint density at radius 2 is 1.88 bits per heavy atom. The number of hydrogen-bond donors (Lipinski definition) is 2. The largest absolute Gasteiger partial charge is 0.506 e. The normalized spacial score (nSPS) is 15.9. The molecule has 2 aromatic rings. The van der Waals surface area contributed by atoms with E-state index < -0.39 is 11.9 Å². The maximum Gasteiger partial charge on any atom is 0.329 e. The highest BCUT2D eigenvalue weighted by molar-refractivity contribution is 6.32. The van der Waals surface area contributed by atoms with Crippen molar-refractivity contribution in [1.82, 2.24) is 10.2 Å². The number of benzene rings is 2. The zero-order chi connectivity index (χ0) is 17.3. The predicted octanol–water partition coefficient (Wildman–Crippen LogP) is 3.28. The average molecular weight is 347 g/mol. The minimum atomic E-state index is -0.555. The molecule has 0 radical (unpaired) electrons. The van der Waals surface area contributed by atoms with E-state index in [1.807, 2.05) is 0 Å². The number of nitrogens with zero attached hydrogens (tertiary/aromatic N) is 1. The molecule has 2 N–H and O–H groups in total. The highest BCUT2D eigenvalue weighted by atomic mass is 35.5. The van der Waals surface area contributed by atoms with Crippen LogP contribution in [0.1, 0.15) is 11.1 Å². The summed E-state index contributed by atoms with van der Waals surface area (Å²) in [6.07, 6.45) is 1.47. The summed E-state index contributed by atoms with van der Waals surface area (Å²) in [6, 6.07) is 9.44. The lowest BCUT2D eigenvalue weighted by Crippen LogP contribution is -2.30. The Morgan fingerprint density at radius 3 is 2.54 bits per heavy atom. The molecule has 3 amide bonds. The maximum absolute atomic E-state index is 12.9. The summed E-state index contributed by atoms with van der Waals surface area (Å²) in [6.45, 7) is 0.0403. The molecule has 1 fully saturated rings. The quantitative estimate of drug-likeness (QED) is 0.662. The van der Waals surface area contributed by atoms with Gasteiger partial charge < -0.3 is 10.4 Å². The number of aromatic hydroxyl groups is 1. The van der Waals surface area contributed by atoms with Crippen LogP contribution in [0.5, 0.6) is 5.75 Å². The lowest BCUT2D eigenvalue weighted by atomic mass is 10.1. The van der Waals surface area contributed by atoms with E-state index in [0.29, 0.717) is 11.1 Å². The number of carbonyl (C=O) groups is 2. The van der Waals surface area contributed by atoms with Crippen molar-refractivity contribution in [3.63, 3.8) is 0 Å². The second-order valence-electron chi connectivity index (χ2n) is 5.22. The minimum absolute atomic E-state index is 0.0403. The number of halogens is 2. The van der Waals surface area contributed by atoms with Crippen molar-refractivity contribution in [2.45, 2.75) is 6.54 Å². The second kappa shape index (κ2) is 6.33. The monoisotopic (exact) mass is 346 g/mol. The molecule has 7 heteroatoms. The average Bonchev–Trinajstić information content (AvgIpc) is 2.80. The Hall–Kier alpha value is -2.86. The molecule has 0 atom stereocenters. The van der Waals surface area contributed by atoms with E-state index in [-0.39, 0.29) is 28.8 Å². The van der Waals surface area contributed by atoms with Gasteiger partial charge in [-0.2, -0.15) is 0 Å². The molecule has 24 heavy (non-hydrogen) atoms. The molecular weight excluding hydrogens is 335 g/mol. The predicted molar refractivity (Wildman–Crippen MR) is 86.6 cm³/mol. The molecule has 2 aromatic carbocycles. The molecule has 1 aliphatic heterocycles. The fraction of sp³-hybridized carbons (Fsp3) is 0.0588. The summed E-state index contributed by atoms with van der Waals surface area (Å²) in [5.41, 5.74) is 1.29. The van der Waals surface area contributed by atoms with Crippen LogP contribution in [0.15, 0.2) is 48.2 Å². The van der Waals surface area contributed by atoms with E-state index in [1.165, 1.54) is 42.5 Å². The summed E-state index contributed by atoms with van der Waals surface area (Å²) >= 11 is 5.82. The summed E-state index contributed by atoms with van der Waals surface area (Å²) < 4.78 is 12.9. The topological polar surface area (TPSA) is 69.6 Å². The summed E-state index contributed by atoms with van der Waals surface area (Å²) in [5.74, 6) is -0.951. The van der Waals surface area contributed by atoms with Gasteiger partial charge >= 0.3 is 6.03 Å². The van der Waals surface area contributed by atoms with Gasteiger partial charge in [-0.25, -0.2) is 9.18 Å². The standard InChI is InChI=1S/C17H12ClFN2O3/c18-13-7-11(3-6-15(13)22)8-14-16(23)21(17(24)20-14)9-10-1-4-12(19)5-2-10/h1-8,22H,9H2,(H,20,24). The Balaban J connectivity index is 1.81. The molecule has 0 aromatic heterocycles. The van der Waals surface area contributed by atoms with Gasteiger partial charge in [0.15, 0.2) is 0 Å². The molecular formula is C17H12ClFN2O3. The maximum atomic E-state index is 12.9. The molecule has 0 spiro atoms. The Morgan fingerprint density at radius 1 is 1.17 bits per heavy atom. The number of phenolic OH excluding ortho intramolecular Hbond substituents is 1. The van der Waals surface area contributed by atoms with Crippen LogP contribution < -0.4 is 5.32 Å². The summed E-state index contributed by atoms with van der Waals surface area (Å²) in [5, 5.41) is 12.0. The molecule has 3 rings (SSSR count). The molecule has 1 heterocycles. The fourth-order valence-electron chi connectivity index (χ4n) is 2.27. The van der Waals surface area contributed by atoms with Gasteiger partial charge in [0, 0.05) is 0 Å². The number of phenols is 1. The third kappa shape index (κ3) is 3.23. The highest BCUT2D eigenvalue weighted by Gasteiger charge is 2.33. The van der Waals surface area contributed by atoms with Crippen LogP contribution in [0.25, 0.3) is 6.08 Å². The highest BCUT2D eigenvalue weighted by Crippen LogP contribution is 2.25. The number of urea groups is 1. The minimum Gasteiger partial charge on any atom is -0.506 e. The number of rotatable bonds is 3. The molecule has 0 bridgehead atoms. The van der Waals surface area contributed by atoms with Crippen LogP contribution in [0, 0.1) is 5.82 Å². The molecule has 0 saturated carbocycles. The number of imide groups is 1. The molecule has 0 aliphatic carbocycles. The molecule has 0 unspecified atom stereocenters. The fourth-order valence-corrected chi connectivity index (χ4v) is 2.46. The van der Waals surface area contributed by atoms with Gasteiger partial charge in [-0.1, -0.05) is 29.8 Å². The third-order valence-electron chi connectivity index (χ3n) is 3.50.